The SMILES string of the molecule is C[C@H]1C(=O)Nc2ccc(C(=O)COC(=O)Cc3ccc4ccccc4c3)cc21. The fourth-order valence-corrected chi connectivity index (χ4v) is 3.39. The Kier molecular flexibility index (Phi) is 4.65. The van der Waals surface area contributed by atoms with Crippen molar-refractivity contribution in [1.82, 2.24) is 0 Å². The van der Waals surface area contributed by atoms with Gasteiger partial charge in [0.15, 0.2) is 12.4 Å². The maximum atomic E-state index is 12.4. The van der Waals surface area contributed by atoms with Crippen LogP contribution in [-0.4, -0.2) is 24.3 Å². The number of hydrogen-bond donors (Lipinski definition) is 1. The van der Waals surface area contributed by atoms with E-state index in [2.05, 4.69) is 5.32 Å². The second-order valence-corrected chi connectivity index (χ2v) is 6.96. The number of amides is 1. The summed E-state index contributed by atoms with van der Waals surface area (Å²) in [5.41, 5.74) is 2.79. The van der Waals surface area contributed by atoms with E-state index in [4.69, 9.17) is 4.74 Å². The number of benzene rings is 3. The van der Waals surface area contributed by atoms with E-state index in [-0.39, 0.29) is 30.6 Å². The second kappa shape index (κ2) is 7.27. The average Bonchev–Trinajstić information content (AvgIpc) is 2.99. The van der Waals surface area contributed by atoms with Gasteiger partial charge in [-0.1, -0.05) is 42.5 Å². The maximum Gasteiger partial charge on any atom is 0.310 e. The van der Waals surface area contributed by atoms with E-state index >= 15 is 0 Å². The molecule has 0 fully saturated rings. The van der Waals surface area contributed by atoms with E-state index in [1.807, 2.05) is 42.5 Å². The molecule has 0 bridgehead atoms. The Hall–Kier alpha value is -3.47. The van der Waals surface area contributed by atoms with Gasteiger partial charge in [-0.15, -0.1) is 0 Å². The molecular formula is C23H19NO4. The van der Waals surface area contributed by atoms with Crippen molar-refractivity contribution in [2.45, 2.75) is 19.3 Å². The molecule has 0 unspecified atom stereocenters. The molecule has 140 valence electrons. The minimum absolute atomic E-state index is 0.0820. The summed E-state index contributed by atoms with van der Waals surface area (Å²) >= 11 is 0. The lowest BCUT2D eigenvalue weighted by atomic mass is 9.99. The van der Waals surface area contributed by atoms with Gasteiger partial charge in [0.2, 0.25) is 5.91 Å². The van der Waals surface area contributed by atoms with Crippen LogP contribution in [0.4, 0.5) is 5.69 Å². The predicted octanol–water partition coefficient (Wildman–Crippen LogP) is 3.86. The number of nitrogens with one attached hydrogen (secondary N) is 1. The number of ether oxygens (including phenoxy) is 1. The summed E-state index contributed by atoms with van der Waals surface area (Å²) in [7, 11) is 0. The van der Waals surface area contributed by atoms with Gasteiger partial charge in [-0.2, -0.15) is 0 Å². The monoisotopic (exact) mass is 373 g/mol. The molecule has 1 aliphatic heterocycles. The normalized spacial score (nSPS) is 15.2. The molecule has 0 spiro atoms. The van der Waals surface area contributed by atoms with Crippen LogP contribution in [0.25, 0.3) is 10.8 Å². The lowest BCUT2D eigenvalue weighted by molar-refractivity contribution is -0.141. The van der Waals surface area contributed by atoms with Crippen LogP contribution in [0.2, 0.25) is 0 Å². The van der Waals surface area contributed by atoms with Crippen LogP contribution in [-0.2, 0) is 20.7 Å². The molecule has 3 aromatic rings. The van der Waals surface area contributed by atoms with Crippen LogP contribution in [0.3, 0.4) is 0 Å². The summed E-state index contributed by atoms with van der Waals surface area (Å²) in [6.45, 7) is 1.47. The molecule has 28 heavy (non-hydrogen) atoms. The number of esters is 1. The van der Waals surface area contributed by atoms with Gasteiger partial charge >= 0.3 is 5.97 Å². The van der Waals surface area contributed by atoms with E-state index in [1.165, 1.54) is 0 Å². The molecule has 3 aromatic carbocycles. The Bertz CT molecular complexity index is 1100. The number of carbonyl (C=O) groups is 3. The lowest BCUT2D eigenvalue weighted by Gasteiger charge is -2.07. The Morgan fingerprint density at radius 2 is 1.79 bits per heavy atom. The molecule has 0 saturated heterocycles. The van der Waals surface area contributed by atoms with Crippen molar-refractivity contribution in [2.24, 2.45) is 0 Å². The van der Waals surface area contributed by atoms with Crippen LogP contribution in [0, 0.1) is 0 Å². The van der Waals surface area contributed by atoms with Crippen molar-refractivity contribution in [3.05, 3.63) is 77.4 Å². The Labute approximate surface area is 162 Å². The first kappa shape index (κ1) is 17.9. The standard InChI is InChI=1S/C23H19NO4/c1-14-19-12-18(8-9-20(19)24-23(14)27)21(25)13-28-22(26)11-15-6-7-16-4-2-3-5-17(16)10-15/h2-10,12,14H,11,13H2,1H3,(H,24,27)/t14-/m1/s1. The van der Waals surface area contributed by atoms with Crippen LogP contribution in [0.15, 0.2) is 60.7 Å². The van der Waals surface area contributed by atoms with Crippen molar-refractivity contribution in [2.75, 3.05) is 11.9 Å². The number of fused-ring (bicyclic) bond motifs is 2. The van der Waals surface area contributed by atoms with Crippen molar-refractivity contribution in [3.8, 4) is 0 Å². The summed E-state index contributed by atoms with van der Waals surface area (Å²) in [5.74, 6) is -1.11. The molecule has 4 rings (SSSR count). The number of rotatable bonds is 5. The second-order valence-electron chi connectivity index (χ2n) is 6.96. The highest BCUT2D eigenvalue weighted by Gasteiger charge is 2.27. The highest BCUT2D eigenvalue weighted by atomic mass is 16.5. The summed E-state index contributed by atoms with van der Waals surface area (Å²) in [6.07, 6.45) is 0.109. The summed E-state index contributed by atoms with van der Waals surface area (Å²) in [6, 6.07) is 18.7. The molecule has 0 aromatic heterocycles. The van der Waals surface area contributed by atoms with Gasteiger partial charge in [0.05, 0.1) is 12.3 Å². The molecule has 5 nitrogen and oxygen atoms in total. The van der Waals surface area contributed by atoms with E-state index in [0.717, 1.165) is 27.6 Å². The molecule has 0 saturated carbocycles. The van der Waals surface area contributed by atoms with Crippen molar-refractivity contribution < 1.29 is 19.1 Å². The summed E-state index contributed by atoms with van der Waals surface area (Å²) < 4.78 is 5.17. The predicted molar refractivity (Wildman–Crippen MR) is 106 cm³/mol. The molecule has 0 aliphatic carbocycles. The van der Waals surface area contributed by atoms with Crippen LogP contribution in [0.1, 0.15) is 34.3 Å². The van der Waals surface area contributed by atoms with Gasteiger partial charge in [-0.25, -0.2) is 0 Å². The van der Waals surface area contributed by atoms with E-state index in [9.17, 15) is 14.4 Å². The quantitative estimate of drug-likeness (QED) is 0.544. The largest absolute Gasteiger partial charge is 0.457 e. The van der Waals surface area contributed by atoms with E-state index in [0.29, 0.717) is 5.56 Å². The molecule has 0 radical (unpaired) electrons. The van der Waals surface area contributed by atoms with E-state index in [1.54, 1.807) is 25.1 Å². The minimum Gasteiger partial charge on any atom is -0.457 e. The first-order valence-electron chi connectivity index (χ1n) is 9.12. The van der Waals surface area contributed by atoms with Gasteiger partial charge < -0.3 is 10.1 Å². The van der Waals surface area contributed by atoms with Crippen molar-refractivity contribution in [1.29, 1.82) is 0 Å². The maximum absolute atomic E-state index is 12.4. The highest BCUT2D eigenvalue weighted by Crippen LogP contribution is 2.32. The number of Topliss-reactive ketones (excluding diaryl/α,β-unsaturated/α-hetero) is 1. The van der Waals surface area contributed by atoms with Gasteiger partial charge in [0.1, 0.15) is 0 Å². The molecule has 1 N–H and O–H groups in total. The highest BCUT2D eigenvalue weighted by molar-refractivity contribution is 6.05. The third-order valence-corrected chi connectivity index (χ3v) is 5.02. The van der Waals surface area contributed by atoms with Crippen molar-refractivity contribution >= 4 is 34.1 Å². The average molecular weight is 373 g/mol. The number of carbonyl (C=O) groups excluding carboxylic acids is 3. The molecule has 1 heterocycles. The summed E-state index contributed by atoms with van der Waals surface area (Å²) in [4.78, 5) is 36.2. The number of anilines is 1. The number of hydrogen-bond acceptors (Lipinski definition) is 4. The van der Waals surface area contributed by atoms with Gasteiger partial charge in [0, 0.05) is 11.3 Å². The van der Waals surface area contributed by atoms with Gasteiger partial charge in [-0.3, -0.25) is 14.4 Å². The van der Waals surface area contributed by atoms with Crippen LogP contribution >= 0.6 is 0 Å². The van der Waals surface area contributed by atoms with Crippen LogP contribution in [0.5, 0.6) is 0 Å². The summed E-state index contributed by atoms with van der Waals surface area (Å²) in [5, 5.41) is 4.93. The third kappa shape index (κ3) is 3.51. The zero-order valence-electron chi connectivity index (χ0n) is 15.4. The zero-order chi connectivity index (χ0) is 19.7. The Balaban J connectivity index is 1.38. The fraction of sp³-hybridized carbons (Fsp3) is 0.174. The van der Waals surface area contributed by atoms with Crippen molar-refractivity contribution in [3.63, 3.8) is 0 Å². The molecular weight excluding hydrogens is 354 g/mol. The zero-order valence-corrected chi connectivity index (χ0v) is 15.4. The first-order chi connectivity index (χ1) is 13.5. The number of ketones is 1. The van der Waals surface area contributed by atoms with Gasteiger partial charge in [0.25, 0.3) is 0 Å². The molecule has 1 aliphatic rings. The topological polar surface area (TPSA) is 72.5 Å². The molecule has 1 atom stereocenters. The minimum atomic E-state index is -0.449. The van der Waals surface area contributed by atoms with Crippen LogP contribution < -0.4 is 5.32 Å². The fourth-order valence-electron chi connectivity index (χ4n) is 3.39. The smallest absolute Gasteiger partial charge is 0.310 e. The molecule has 5 heteroatoms. The first-order valence-corrected chi connectivity index (χ1v) is 9.12. The molecule has 1 amide bonds. The third-order valence-electron chi connectivity index (χ3n) is 5.02. The lowest BCUT2D eigenvalue weighted by Crippen LogP contribution is -2.16. The van der Waals surface area contributed by atoms with Gasteiger partial charge in [-0.05, 0) is 47.0 Å². The Morgan fingerprint density at radius 3 is 2.61 bits per heavy atom. The Morgan fingerprint density at radius 1 is 1.00 bits per heavy atom. The van der Waals surface area contributed by atoms with E-state index < -0.39 is 5.97 Å².